The van der Waals surface area contributed by atoms with Gasteiger partial charge in [-0.2, -0.15) is 0 Å². The summed E-state index contributed by atoms with van der Waals surface area (Å²) in [4.78, 5) is 12.3. The van der Waals surface area contributed by atoms with E-state index >= 15 is 0 Å². The number of hydrogen-bond acceptors (Lipinski definition) is 3. The van der Waals surface area contributed by atoms with Crippen LogP contribution in [-0.4, -0.2) is 30.8 Å². The number of benzene rings is 1. The van der Waals surface area contributed by atoms with E-state index in [4.69, 9.17) is 9.47 Å². The van der Waals surface area contributed by atoms with Crippen molar-refractivity contribution >= 4 is 5.91 Å². The van der Waals surface area contributed by atoms with Gasteiger partial charge in [-0.25, -0.2) is 4.39 Å². The summed E-state index contributed by atoms with van der Waals surface area (Å²) in [6, 6.07) is 6.07. The number of rotatable bonds is 6. The second-order valence-electron chi connectivity index (χ2n) is 6.07. The van der Waals surface area contributed by atoms with Crippen LogP contribution in [-0.2, 0) is 9.53 Å². The predicted octanol–water partition coefficient (Wildman–Crippen LogP) is 2.67. The molecule has 1 aromatic rings. The lowest BCUT2D eigenvalue weighted by atomic mass is 9.88. The second kappa shape index (κ2) is 6.65. The van der Waals surface area contributed by atoms with Crippen LogP contribution >= 0.6 is 0 Å². The molecular weight excluding hydrogens is 285 g/mol. The van der Waals surface area contributed by atoms with E-state index in [1.54, 1.807) is 12.1 Å². The molecule has 0 spiro atoms. The normalized spacial score (nSPS) is 27.6. The zero-order valence-corrected chi connectivity index (χ0v) is 12.8. The zero-order chi connectivity index (χ0) is 15.5. The predicted molar refractivity (Wildman–Crippen MR) is 80.1 cm³/mol. The van der Waals surface area contributed by atoms with Gasteiger partial charge < -0.3 is 14.8 Å². The molecule has 0 aromatic heterocycles. The smallest absolute Gasteiger partial charge is 0.225 e. The lowest BCUT2D eigenvalue weighted by molar-refractivity contribution is -0.126. The van der Waals surface area contributed by atoms with Gasteiger partial charge in [0.2, 0.25) is 5.91 Å². The van der Waals surface area contributed by atoms with Gasteiger partial charge in [0.1, 0.15) is 17.7 Å². The van der Waals surface area contributed by atoms with Crippen LogP contribution in [0.2, 0.25) is 0 Å². The minimum absolute atomic E-state index is 0.0228. The molecule has 3 rings (SSSR count). The number of ether oxygens (including phenoxy) is 2. The highest BCUT2D eigenvalue weighted by Crippen LogP contribution is 2.38. The van der Waals surface area contributed by atoms with Crippen LogP contribution in [0, 0.1) is 11.7 Å². The number of hydrogen-bond donors (Lipinski definition) is 1. The molecule has 1 amide bonds. The first-order valence-corrected chi connectivity index (χ1v) is 8.01. The van der Waals surface area contributed by atoms with Crippen LogP contribution in [0.25, 0.3) is 0 Å². The molecule has 2 aliphatic rings. The van der Waals surface area contributed by atoms with Gasteiger partial charge in [-0.3, -0.25) is 4.79 Å². The Kier molecular flexibility index (Phi) is 4.62. The second-order valence-corrected chi connectivity index (χ2v) is 6.07. The highest BCUT2D eigenvalue weighted by Gasteiger charge is 2.44. The maximum Gasteiger partial charge on any atom is 0.225 e. The Morgan fingerprint density at radius 1 is 1.50 bits per heavy atom. The van der Waals surface area contributed by atoms with Crippen molar-refractivity contribution in [2.24, 2.45) is 5.92 Å². The first-order valence-electron chi connectivity index (χ1n) is 8.01. The lowest BCUT2D eigenvalue weighted by Gasteiger charge is -2.21. The summed E-state index contributed by atoms with van der Waals surface area (Å²) in [6.07, 6.45) is 3.84. The van der Waals surface area contributed by atoms with Gasteiger partial charge in [0.25, 0.3) is 0 Å². The van der Waals surface area contributed by atoms with Crippen molar-refractivity contribution in [1.29, 1.82) is 0 Å². The van der Waals surface area contributed by atoms with Gasteiger partial charge in [0.05, 0.1) is 24.7 Å². The third-order valence-electron chi connectivity index (χ3n) is 4.50. The number of fused-ring (bicyclic) bond motifs is 2. The molecule has 0 unspecified atom stereocenters. The molecule has 4 nitrogen and oxygen atoms in total. The number of carbonyl (C=O) groups is 1. The quantitative estimate of drug-likeness (QED) is 0.879. The molecule has 1 N–H and O–H groups in total. The molecule has 22 heavy (non-hydrogen) atoms. The minimum atomic E-state index is -0.324. The Morgan fingerprint density at radius 3 is 3.00 bits per heavy atom. The summed E-state index contributed by atoms with van der Waals surface area (Å²) in [5, 5.41) is 2.96. The van der Waals surface area contributed by atoms with E-state index < -0.39 is 0 Å². The molecule has 120 valence electrons. The van der Waals surface area contributed by atoms with Gasteiger partial charge in [-0.1, -0.05) is 13.0 Å². The van der Waals surface area contributed by atoms with Crippen molar-refractivity contribution in [3.63, 3.8) is 0 Å². The van der Waals surface area contributed by atoms with Crippen LogP contribution < -0.4 is 10.1 Å². The van der Waals surface area contributed by atoms with E-state index in [9.17, 15) is 9.18 Å². The Bertz CT molecular complexity index is 536. The van der Waals surface area contributed by atoms with Gasteiger partial charge in [0, 0.05) is 6.07 Å². The Morgan fingerprint density at radius 2 is 2.36 bits per heavy atom. The fourth-order valence-corrected chi connectivity index (χ4v) is 3.26. The first-order chi connectivity index (χ1) is 10.7. The summed E-state index contributed by atoms with van der Waals surface area (Å²) in [7, 11) is 0. The molecule has 2 fully saturated rings. The van der Waals surface area contributed by atoms with Crippen LogP contribution in [0.3, 0.4) is 0 Å². The molecule has 2 bridgehead atoms. The number of amides is 1. The fraction of sp³-hybridized carbons (Fsp3) is 0.588. The maximum atomic E-state index is 13.2. The van der Waals surface area contributed by atoms with E-state index in [-0.39, 0.29) is 36.0 Å². The Labute approximate surface area is 130 Å². The minimum Gasteiger partial charge on any atom is -0.489 e. The third-order valence-corrected chi connectivity index (χ3v) is 4.50. The van der Waals surface area contributed by atoms with Crippen LogP contribution in [0.5, 0.6) is 5.75 Å². The van der Waals surface area contributed by atoms with Gasteiger partial charge >= 0.3 is 0 Å². The third kappa shape index (κ3) is 3.40. The maximum absolute atomic E-state index is 13.2. The van der Waals surface area contributed by atoms with Gasteiger partial charge in [0.15, 0.2) is 0 Å². The molecule has 0 aliphatic carbocycles. The largest absolute Gasteiger partial charge is 0.489 e. The van der Waals surface area contributed by atoms with E-state index in [2.05, 4.69) is 5.32 Å². The van der Waals surface area contributed by atoms with Crippen LogP contribution in [0.15, 0.2) is 24.3 Å². The van der Waals surface area contributed by atoms with Crippen molar-refractivity contribution < 1.29 is 18.7 Å². The van der Waals surface area contributed by atoms with Crippen molar-refractivity contribution in [3.05, 3.63) is 30.1 Å². The molecule has 1 aromatic carbocycles. The summed E-state index contributed by atoms with van der Waals surface area (Å²) in [6.45, 7) is 2.41. The summed E-state index contributed by atoms with van der Waals surface area (Å²) in [5.41, 5.74) is 0. The Hall–Kier alpha value is -1.62. The fourth-order valence-electron chi connectivity index (χ4n) is 3.26. The van der Waals surface area contributed by atoms with Crippen molar-refractivity contribution in [2.45, 2.75) is 50.9 Å². The summed E-state index contributed by atoms with van der Waals surface area (Å²) >= 11 is 0. The molecule has 0 radical (unpaired) electrons. The van der Waals surface area contributed by atoms with Gasteiger partial charge in [-0.05, 0) is 37.8 Å². The molecule has 2 heterocycles. The average molecular weight is 307 g/mol. The molecule has 5 heteroatoms. The molecule has 4 atom stereocenters. The molecule has 2 aliphatic heterocycles. The molecular formula is C17H22FNO3. The van der Waals surface area contributed by atoms with E-state index in [1.165, 1.54) is 12.1 Å². The number of halogens is 1. The van der Waals surface area contributed by atoms with E-state index in [0.29, 0.717) is 12.3 Å². The summed E-state index contributed by atoms with van der Waals surface area (Å²) < 4.78 is 24.6. The zero-order valence-electron chi connectivity index (χ0n) is 12.8. The van der Waals surface area contributed by atoms with E-state index in [0.717, 1.165) is 25.7 Å². The average Bonchev–Trinajstić information content (AvgIpc) is 3.14. The topological polar surface area (TPSA) is 47.6 Å². The Balaban J connectivity index is 1.49. The van der Waals surface area contributed by atoms with Crippen LogP contribution in [0.1, 0.15) is 32.6 Å². The van der Waals surface area contributed by atoms with Crippen molar-refractivity contribution in [2.75, 3.05) is 6.54 Å². The molecule has 2 saturated heterocycles. The lowest BCUT2D eigenvalue weighted by Crippen LogP contribution is -2.41. The molecule has 0 saturated carbocycles. The highest BCUT2D eigenvalue weighted by atomic mass is 19.1. The highest BCUT2D eigenvalue weighted by molar-refractivity contribution is 5.79. The first kappa shape index (κ1) is 15.3. The van der Waals surface area contributed by atoms with Crippen LogP contribution in [0.4, 0.5) is 4.39 Å². The summed E-state index contributed by atoms with van der Waals surface area (Å²) in [5.74, 6) is 0.193. The number of carbonyl (C=O) groups excluding carboxylic acids is 1. The monoisotopic (exact) mass is 307 g/mol. The SMILES string of the molecule is CC[C@@H](CNC(=O)[C@@H]1C[C@H]2CC[C@H]1O2)Oc1cccc(F)c1. The number of nitrogens with one attached hydrogen (secondary N) is 1. The standard InChI is InChI=1S/C17H22FNO3/c1-2-12(21-13-5-3-4-11(18)8-13)10-19-17(20)15-9-14-6-7-16(15)22-14/h3-5,8,12,14-16H,2,6-7,9-10H2,1H3,(H,19,20)/t12-,14+,15+,16+/m0/s1. The van der Waals surface area contributed by atoms with Crippen molar-refractivity contribution in [3.8, 4) is 5.75 Å². The van der Waals surface area contributed by atoms with Crippen molar-refractivity contribution in [1.82, 2.24) is 5.32 Å². The van der Waals surface area contributed by atoms with E-state index in [1.807, 2.05) is 6.92 Å². The van der Waals surface area contributed by atoms with Gasteiger partial charge in [-0.15, -0.1) is 0 Å².